The molecule has 2 N–H and O–H groups in total. The molecule has 1 aromatic heterocycles. The number of fused-ring (bicyclic) bond motifs is 1. The summed E-state index contributed by atoms with van der Waals surface area (Å²) in [6.07, 6.45) is 0. The third kappa shape index (κ3) is 4.69. The molecule has 1 fully saturated rings. The molecule has 3 aromatic rings. The molecule has 2 aliphatic rings. The molecule has 0 amide bonds. The lowest BCUT2D eigenvalue weighted by Gasteiger charge is -2.35. The minimum atomic E-state index is -0.912. The molecule has 5 rings (SSSR count). The van der Waals surface area contributed by atoms with Gasteiger partial charge in [-0.3, -0.25) is 4.90 Å². The summed E-state index contributed by atoms with van der Waals surface area (Å²) in [4.78, 5) is 37.3. The van der Waals surface area contributed by atoms with E-state index in [4.69, 9.17) is 20.2 Å². The number of rotatable bonds is 5. The van der Waals surface area contributed by atoms with Crippen LogP contribution in [0.2, 0.25) is 0 Å². The molecule has 1 unspecified atom stereocenters. The van der Waals surface area contributed by atoms with Crippen molar-refractivity contribution >= 4 is 44.3 Å². The standard InChI is InChI=1S/C28H28N6O4S/c1-32-11-13-33(14-12-32)28-31-20-10-9-18(15-21(20)39-28)34-24(27(36)38-3)23(26(35)37-2)22(19(16-29)25(34)30)17-7-5-4-6-8-17/h4-10,15,22H,11-14,30H2,1-3H3. The van der Waals surface area contributed by atoms with Crippen molar-refractivity contribution in [3.8, 4) is 6.07 Å². The average Bonchev–Trinajstić information content (AvgIpc) is 3.40. The first kappa shape index (κ1) is 26.2. The van der Waals surface area contributed by atoms with Crippen LogP contribution < -0.4 is 15.5 Å². The first-order chi connectivity index (χ1) is 18.9. The Morgan fingerprint density at radius 3 is 2.38 bits per heavy atom. The van der Waals surface area contributed by atoms with Gasteiger partial charge in [-0.2, -0.15) is 5.26 Å². The van der Waals surface area contributed by atoms with Gasteiger partial charge in [0.15, 0.2) is 5.13 Å². The third-order valence-electron chi connectivity index (χ3n) is 7.00. The first-order valence-electron chi connectivity index (χ1n) is 12.4. The van der Waals surface area contributed by atoms with Crippen LogP contribution in [0.15, 0.2) is 71.2 Å². The van der Waals surface area contributed by atoms with Crippen LogP contribution in [0.1, 0.15) is 11.5 Å². The largest absolute Gasteiger partial charge is 0.466 e. The molecule has 0 spiro atoms. The average molecular weight is 545 g/mol. The number of anilines is 2. The molecule has 0 radical (unpaired) electrons. The smallest absolute Gasteiger partial charge is 0.355 e. The highest BCUT2D eigenvalue weighted by atomic mass is 32.1. The summed E-state index contributed by atoms with van der Waals surface area (Å²) < 4.78 is 11.1. The van der Waals surface area contributed by atoms with Crippen LogP contribution in [0.4, 0.5) is 10.8 Å². The molecule has 1 saturated heterocycles. The Bertz CT molecular complexity index is 1530. The molecule has 2 aliphatic heterocycles. The van der Waals surface area contributed by atoms with E-state index < -0.39 is 17.9 Å². The molecule has 39 heavy (non-hydrogen) atoms. The number of methoxy groups -OCH3 is 2. The van der Waals surface area contributed by atoms with E-state index >= 15 is 0 Å². The Morgan fingerprint density at radius 2 is 1.74 bits per heavy atom. The summed E-state index contributed by atoms with van der Waals surface area (Å²) in [5.74, 6) is -2.42. The highest BCUT2D eigenvalue weighted by Gasteiger charge is 2.43. The molecule has 200 valence electrons. The van der Waals surface area contributed by atoms with Crippen molar-refractivity contribution < 1.29 is 19.1 Å². The Kier molecular flexibility index (Phi) is 7.24. The minimum Gasteiger partial charge on any atom is -0.466 e. The van der Waals surface area contributed by atoms with Gasteiger partial charge >= 0.3 is 11.9 Å². The van der Waals surface area contributed by atoms with E-state index in [9.17, 15) is 14.9 Å². The number of carbonyl (C=O) groups is 2. The van der Waals surface area contributed by atoms with Crippen molar-refractivity contribution in [3.05, 3.63) is 76.8 Å². The highest BCUT2D eigenvalue weighted by molar-refractivity contribution is 7.22. The van der Waals surface area contributed by atoms with Crippen LogP contribution in [-0.4, -0.2) is 69.3 Å². The number of ether oxygens (including phenoxy) is 2. The Labute approximate surface area is 230 Å². The van der Waals surface area contributed by atoms with Crippen LogP contribution in [-0.2, 0) is 19.1 Å². The summed E-state index contributed by atoms with van der Waals surface area (Å²) >= 11 is 1.54. The molecular formula is C28H28N6O4S. The van der Waals surface area contributed by atoms with E-state index in [0.717, 1.165) is 41.5 Å². The van der Waals surface area contributed by atoms with E-state index in [2.05, 4.69) is 22.9 Å². The van der Waals surface area contributed by atoms with Gasteiger partial charge in [0.1, 0.15) is 11.5 Å². The predicted octanol–water partition coefficient (Wildman–Crippen LogP) is 2.95. The molecule has 2 aromatic carbocycles. The second-order valence-electron chi connectivity index (χ2n) is 9.27. The number of piperazine rings is 1. The lowest BCUT2D eigenvalue weighted by molar-refractivity contribution is -0.139. The quantitative estimate of drug-likeness (QED) is 0.479. The number of thiazole rings is 1. The number of hydrogen-bond donors (Lipinski definition) is 1. The number of esters is 2. The minimum absolute atomic E-state index is 0.0242. The fourth-order valence-corrected chi connectivity index (χ4v) is 6.01. The Hall–Kier alpha value is -4.40. The number of likely N-dealkylation sites (N-methyl/N-ethyl adjacent to an activating group) is 1. The van der Waals surface area contributed by atoms with E-state index in [1.165, 1.54) is 30.5 Å². The van der Waals surface area contributed by atoms with Gasteiger partial charge in [0.05, 0.1) is 47.6 Å². The van der Waals surface area contributed by atoms with Gasteiger partial charge in [-0.15, -0.1) is 0 Å². The molecule has 0 bridgehead atoms. The zero-order valence-corrected chi connectivity index (χ0v) is 22.7. The lowest BCUT2D eigenvalue weighted by atomic mass is 9.81. The molecule has 3 heterocycles. The van der Waals surface area contributed by atoms with Crippen LogP contribution in [0.25, 0.3) is 10.2 Å². The fraction of sp³-hybridized carbons (Fsp3) is 0.286. The summed E-state index contributed by atoms with van der Waals surface area (Å²) in [5.41, 5.74) is 8.54. The maximum absolute atomic E-state index is 13.3. The number of carbonyl (C=O) groups excluding carboxylic acids is 2. The van der Waals surface area contributed by atoms with Crippen LogP contribution >= 0.6 is 11.3 Å². The number of nitrogens with zero attached hydrogens (tertiary/aromatic N) is 5. The zero-order chi connectivity index (χ0) is 27.7. The normalized spacial score (nSPS) is 18.4. The lowest BCUT2D eigenvalue weighted by Crippen LogP contribution is -2.44. The number of hydrogen-bond acceptors (Lipinski definition) is 11. The van der Waals surface area contributed by atoms with Gasteiger partial charge in [0.2, 0.25) is 0 Å². The summed E-state index contributed by atoms with van der Waals surface area (Å²) in [6.45, 7) is 3.68. The van der Waals surface area contributed by atoms with Gasteiger partial charge in [0.25, 0.3) is 0 Å². The molecule has 10 nitrogen and oxygen atoms in total. The number of benzene rings is 2. The van der Waals surface area contributed by atoms with Gasteiger partial charge < -0.3 is 25.0 Å². The highest BCUT2D eigenvalue weighted by Crippen LogP contribution is 2.44. The third-order valence-corrected chi connectivity index (χ3v) is 8.08. The van der Waals surface area contributed by atoms with Crippen molar-refractivity contribution in [3.63, 3.8) is 0 Å². The van der Waals surface area contributed by atoms with E-state index in [1.807, 2.05) is 18.2 Å². The second-order valence-corrected chi connectivity index (χ2v) is 10.3. The maximum Gasteiger partial charge on any atom is 0.355 e. The van der Waals surface area contributed by atoms with Crippen molar-refractivity contribution in [2.24, 2.45) is 5.73 Å². The van der Waals surface area contributed by atoms with E-state index in [0.29, 0.717) is 11.3 Å². The summed E-state index contributed by atoms with van der Waals surface area (Å²) in [6, 6.07) is 16.6. The SMILES string of the molecule is COC(=O)C1=C(C(=O)OC)N(c2ccc3nc(N4CCN(C)CC4)sc3c2)C(N)=C(C#N)C1c1ccccc1. The van der Waals surface area contributed by atoms with Gasteiger partial charge in [0, 0.05) is 31.9 Å². The zero-order valence-electron chi connectivity index (χ0n) is 21.9. The van der Waals surface area contributed by atoms with E-state index in [1.54, 1.807) is 30.3 Å². The molecule has 11 heteroatoms. The number of nitrogens with two attached hydrogens (primary N) is 1. The van der Waals surface area contributed by atoms with Crippen molar-refractivity contribution in [2.45, 2.75) is 5.92 Å². The number of allylic oxidation sites excluding steroid dienone is 1. The molecule has 0 saturated carbocycles. The van der Waals surface area contributed by atoms with Crippen molar-refractivity contribution in [2.75, 3.05) is 57.2 Å². The van der Waals surface area contributed by atoms with Gasteiger partial charge in [-0.05, 0) is 30.8 Å². The molecule has 0 aliphatic carbocycles. The molecule has 1 atom stereocenters. The van der Waals surface area contributed by atoms with Gasteiger partial charge in [-0.25, -0.2) is 14.6 Å². The van der Waals surface area contributed by atoms with Gasteiger partial charge in [-0.1, -0.05) is 41.7 Å². The van der Waals surface area contributed by atoms with Crippen LogP contribution in [0, 0.1) is 11.3 Å². The Balaban J connectivity index is 1.68. The number of nitriles is 1. The van der Waals surface area contributed by atoms with E-state index in [-0.39, 0.29) is 22.7 Å². The number of aromatic nitrogens is 1. The fourth-order valence-electron chi connectivity index (χ4n) is 4.95. The van der Waals surface area contributed by atoms with Crippen LogP contribution in [0.3, 0.4) is 0 Å². The van der Waals surface area contributed by atoms with Crippen LogP contribution in [0.5, 0.6) is 0 Å². The van der Waals surface area contributed by atoms with Crippen molar-refractivity contribution in [1.29, 1.82) is 5.26 Å². The monoisotopic (exact) mass is 544 g/mol. The summed E-state index contributed by atoms with van der Waals surface area (Å²) in [5, 5.41) is 11.1. The molecular weight excluding hydrogens is 516 g/mol. The first-order valence-corrected chi connectivity index (χ1v) is 13.2. The summed E-state index contributed by atoms with van der Waals surface area (Å²) in [7, 11) is 4.56. The second kappa shape index (κ2) is 10.8. The predicted molar refractivity (Wildman–Crippen MR) is 149 cm³/mol. The maximum atomic E-state index is 13.3. The Morgan fingerprint density at radius 1 is 1.05 bits per heavy atom. The van der Waals surface area contributed by atoms with Crippen molar-refractivity contribution in [1.82, 2.24) is 9.88 Å². The topological polar surface area (TPSA) is 125 Å².